The van der Waals surface area contributed by atoms with E-state index >= 15 is 0 Å². The van der Waals surface area contributed by atoms with Gasteiger partial charge in [0.15, 0.2) is 0 Å². The summed E-state index contributed by atoms with van der Waals surface area (Å²) in [5.74, 6) is 0.193. The number of alkyl halides is 1. The van der Waals surface area contributed by atoms with Crippen LogP contribution in [0.15, 0.2) is 36.5 Å². The number of rotatable bonds is 5. The standard InChI is InChI=1S/C12H12ClN3OS/c13-7-10(6-9-4-2-1-3-5-9)15-12(17)11-8-14-16-18-11/h1-5,8,10H,6-7H2,(H,15,17). The van der Waals surface area contributed by atoms with Gasteiger partial charge < -0.3 is 5.32 Å². The number of carbonyl (C=O) groups excluding carboxylic acids is 1. The van der Waals surface area contributed by atoms with E-state index in [0.29, 0.717) is 17.2 Å². The van der Waals surface area contributed by atoms with Crippen molar-refractivity contribution in [2.45, 2.75) is 12.5 Å². The fraction of sp³-hybridized carbons (Fsp3) is 0.250. The van der Waals surface area contributed by atoms with Gasteiger partial charge in [-0.05, 0) is 23.5 Å². The number of hydrogen-bond donors (Lipinski definition) is 1. The second-order valence-electron chi connectivity index (χ2n) is 3.80. The molecule has 0 aliphatic rings. The first kappa shape index (κ1) is 13.0. The summed E-state index contributed by atoms with van der Waals surface area (Å²) in [6, 6.07) is 9.83. The molecule has 1 atom stereocenters. The highest BCUT2D eigenvalue weighted by Crippen LogP contribution is 2.07. The van der Waals surface area contributed by atoms with Gasteiger partial charge in [0, 0.05) is 11.9 Å². The average Bonchev–Trinajstić information content (AvgIpc) is 2.93. The molecule has 1 amide bonds. The first-order chi connectivity index (χ1) is 8.79. The Morgan fingerprint density at radius 2 is 2.17 bits per heavy atom. The highest BCUT2D eigenvalue weighted by molar-refractivity contribution is 7.07. The molecule has 18 heavy (non-hydrogen) atoms. The summed E-state index contributed by atoms with van der Waals surface area (Å²) < 4.78 is 3.66. The zero-order valence-corrected chi connectivity index (χ0v) is 11.1. The lowest BCUT2D eigenvalue weighted by Gasteiger charge is -2.15. The third-order valence-electron chi connectivity index (χ3n) is 2.43. The summed E-state index contributed by atoms with van der Waals surface area (Å²) in [6.45, 7) is 0. The quantitative estimate of drug-likeness (QED) is 0.854. The lowest BCUT2D eigenvalue weighted by Crippen LogP contribution is -2.37. The van der Waals surface area contributed by atoms with Gasteiger partial charge in [0.1, 0.15) is 4.88 Å². The number of nitrogens with zero attached hydrogens (tertiary/aromatic N) is 2. The van der Waals surface area contributed by atoms with Gasteiger partial charge in [0.2, 0.25) is 0 Å². The third kappa shape index (κ3) is 3.51. The van der Waals surface area contributed by atoms with Gasteiger partial charge >= 0.3 is 0 Å². The molecule has 1 aromatic carbocycles. The van der Waals surface area contributed by atoms with E-state index in [0.717, 1.165) is 17.1 Å². The monoisotopic (exact) mass is 281 g/mol. The smallest absolute Gasteiger partial charge is 0.264 e. The van der Waals surface area contributed by atoms with Gasteiger partial charge in [-0.2, -0.15) is 0 Å². The highest BCUT2D eigenvalue weighted by Gasteiger charge is 2.15. The van der Waals surface area contributed by atoms with Crippen molar-refractivity contribution in [3.8, 4) is 0 Å². The van der Waals surface area contributed by atoms with Crippen molar-refractivity contribution in [2.75, 3.05) is 5.88 Å². The second-order valence-corrected chi connectivity index (χ2v) is 4.89. The summed E-state index contributed by atoms with van der Waals surface area (Å²) in [5.41, 5.74) is 1.14. The molecule has 0 spiro atoms. The predicted octanol–water partition coefficient (Wildman–Crippen LogP) is 2.12. The van der Waals surface area contributed by atoms with Crippen LogP contribution < -0.4 is 5.32 Å². The Morgan fingerprint density at radius 3 is 2.78 bits per heavy atom. The molecule has 2 rings (SSSR count). The minimum atomic E-state index is -0.174. The molecule has 1 aromatic heterocycles. The number of halogens is 1. The molecule has 0 fully saturated rings. The van der Waals surface area contributed by atoms with Gasteiger partial charge in [-0.3, -0.25) is 4.79 Å². The molecule has 94 valence electrons. The molecule has 0 saturated carbocycles. The third-order valence-corrected chi connectivity index (χ3v) is 3.47. The average molecular weight is 282 g/mol. The van der Waals surface area contributed by atoms with Crippen LogP contribution in [0.4, 0.5) is 0 Å². The van der Waals surface area contributed by atoms with Crippen LogP contribution in [0.25, 0.3) is 0 Å². The molecule has 0 aliphatic heterocycles. The van der Waals surface area contributed by atoms with Crippen LogP contribution >= 0.6 is 23.1 Å². The van der Waals surface area contributed by atoms with Crippen molar-refractivity contribution < 1.29 is 4.79 Å². The Labute approximate surface area is 114 Å². The lowest BCUT2D eigenvalue weighted by atomic mass is 10.1. The number of aromatic nitrogens is 2. The molecule has 6 heteroatoms. The fourth-order valence-electron chi connectivity index (χ4n) is 1.57. The van der Waals surface area contributed by atoms with E-state index in [4.69, 9.17) is 11.6 Å². The van der Waals surface area contributed by atoms with E-state index in [-0.39, 0.29) is 11.9 Å². The maximum atomic E-state index is 11.8. The van der Waals surface area contributed by atoms with E-state index in [1.54, 1.807) is 0 Å². The van der Waals surface area contributed by atoms with Crippen LogP contribution in [0.2, 0.25) is 0 Å². The molecule has 0 aliphatic carbocycles. The molecule has 2 aromatic rings. The molecular weight excluding hydrogens is 270 g/mol. The van der Waals surface area contributed by atoms with Gasteiger partial charge in [0.05, 0.1) is 6.20 Å². The van der Waals surface area contributed by atoms with E-state index in [1.807, 2.05) is 30.3 Å². The fourth-order valence-corrected chi connectivity index (χ4v) is 2.17. The number of nitrogens with one attached hydrogen (secondary N) is 1. The van der Waals surface area contributed by atoms with E-state index in [2.05, 4.69) is 14.9 Å². The minimum Gasteiger partial charge on any atom is -0.347 e. The number of carbonyl (C=O) groups is 1. The zero-order valence-electron chi connectivity index (χ0n) is 9.54. The van der Waals surface area contributed by atoms with Crippen molar-refractivity contribution in [2.24, 2.45) is 0 Å². The predicted molar refractivity (Wildman–Crippen MR) is 72.0 cm³/mol. The van der Waals surface area contributed by atoms with Crippen molar-refractivity contribution in [3.05, 3.63) is 47.0 Å². The molecular formula is C12H12ClN3OS. The van der Waals surface area contributed by atoms with Crippen molar-refractivity contribution >= 4 is 29.0 Å². The zero-order chi connectivity index (χ0) is 12.8. The molecule has 4 nitrogen and oxygen atoms in total. The van der Waals surface area contributed by atoms with Crippen LogP contribution in [0.1, 0.15) is 15.2 Å². The molecule has 1 N–H and O–H groups in total. The summed E-state index contributed by atoms with van der Waals surface area (Å²) in [5, 5.41) is 6.51. The Kier molecular flexibility index (Phi) is 4.66. The lowest BCUT2D eigenvalue weighted by molar-refractivity contribution is 0.0944. The van der Waals surface area contributed by atoms with Crippen molar-refractivity contribution in [1.82, 2.24) is 14.9 Å². The van der Waals surface area contributed by atoms with Crippen LogP contribution in [-0.2, 0) is 6.42 Å². The van der Waals surface area contributed by atoms with Crippen molar-refractivity contribution in [3.63, 3.8) is 0 Å². The highest BCUT2D eigenvalue weighted by atomic mass is 35.5. The Bertz CT molecular complexity index is 489. The van der Waals surface area contributed by atoms with E-state index < -0.39 is 0 Å². The maximum absolute atomic E-state index is 11.8. The van der Waals surface area contributed by atoms with Gasteiger partial charge in [-0.15, -0.1) is 16.7 Å². The maximum Gasteiger partial charge on any atom is 0.264 e. The minimum absolute atomic E-state index is 0.0938. The van der Waals surface area contributed by atoms with E-state index in [1.165, 1.54) is 6.20 Å². The Balaban J connectivity index is 1.96. The van der Waals surface area contributed by atoms with E-state index in [9.17, 15) is 4.79 Å². The SMILES string of the molecule is O=C(NC(CCl)Cc1ccccc1)c1cnns1. The first-order valence-electron chi connectivity index (χ1n) is 5.47. The van der Waals surface area contributed by atoms with Crippen LogP contribution in [0.3, 0.4) is 0 Å². The molecule has 1 unspecified atom stereocenters. The van der Waals surface area contributed by atoms with Crippen LogP contribution in [0, 0.1) is 0 Å². The molecule has 0 radical (unpaired) electrons. The van der Waals surface area contributed by atoms with Gasteiger partial charge in [-0.25, -0.2) is 0 Å². The number of amides is 1. The molecule has 0 bridgehead atoms. The molecule has 1 heterocycles. The van der Waals surface area contributed by atoms with Crippen molar-refractivity contribution in [1.29, 1.82) is 0 Å². The number of hydrogen-bond acceptors (Lipinski definition) is 4. The first-order valence-corrected chi connectivity index (χ1v) is 6.78. The summed E-state index contributed by atoms with van der Waals surface area (Å²) in [4.78, 5) is 12.3. The van der Waals surface area contributed by atoms with Gasteiger partial charge in [-0.1, -0.05) is 34.8 Å². The summed E-state index contributed by atoms with van der Waals surface area (Å²) in [6.07, 6.45) is 2.16. The van der Waals surface area contributed by atoms with Crippen LogP contribution in [0.5, 0.6) is 0 Å². The summed E-state index contributed by atoms with van der Waals surface area (Å²) in [7, 11) is 0. The Hall–Kier alpha value is -1.46. The largest absolute Gasteiger partial charge is 0.347 e. The topological polar surface area (TPSA) is 54.9 Å². The number of benzene rings is 1. The summed E-state index contributed by atoms with van der Waals surface area (Å²) >= 11 is 6.95. The normalized spacial score (nSPS) is 12.1. The second kappa shape index (κ2) is 6.47. The van der Waals surface area contributed by atoms with Crippen LogP contribution in [-0.4, -0.2) is 27.4 Å². The van der Waals surface area contributed by atoms with Gasteiger partial charge in [0.25, 0.3) is 5.91 Å². The Morgan fingerprint density at radius 1 is 1.39 bits per heavy atom. The molecule has 0 saturated heterocycles.